The molecule has 0 atom stereocenters. The average molecular weight is 352 g/mol. The number of hydrogen-bond donors (Lipinski definition) is 1. The molecule has 9 heteroatoms. The molecular weight excluding hydrogens is 332 g/mol. The molecule has 9 nitrogen and oxygen atoms in total. The summed E-state index contributed by atoms with van der Waals surface area (Å²) >= 11 is 0. The van der Waals surface area contributed by atoms with Crippen LogP contribution in [0.25, 0.3) is 11.2 Å². The highest BCUT2D eigenvalue weighted by atomic mass is 16.2. The first kappa shape index (κ1) is 16.2. The van der Waals surface area contributed by atoms with Crippen LogP contribution in [-0.2, 0) is 7.05 Å². The zero-order valence-electron chi connectivity index (χ0n) is 14.8. The second-order valence-electron chi connectivity index (χ2n) is 6.36. The van der Waals surface area contributed by atoms with Gasteiger partial charge in [-0.3, -0.25) is 0 Å². The van der Waals surface area contributed by atoms with Crippen molar-refractivity contribution in [2.24, 2.45) is 7.05 Å². The molecule has 1 saturated heterocycles. The van der Waals surface area contributed by atoms with Crippen LogP contribution in [0.2, 0.25) is 0 Å². The highest BCUT2D eigenvalue weighted by molar-refractivity contribution is 5.89. The maximum atomic E-state index is 12.5. The molecule has 1 N–H and O–H groups in total. The van der Waals surface area contributed by atoms with Crippen molar-refractivity contribution in [2.45, 2.75) is 6.92 Å². The van der Waals surface area contributed by atoms with Crippen molar-refractivity contribution in [2.75, 3.05) is 36.4 Å². The number of piperazine rings is 1. The second-order valence-corrected chi connectivity index (χ2v) is 6.36. The SMILES string of the molecule is Cc1cccc(NC(=O)N2CCN(c3ncnc4c3nnn4C)CC2)c1. The molecule has 26 heavy (non-hydrogen) atoms. The van der Waals surface area contributed by atoms with E-state index in [-0.39, 0.29) is 6.03 Å². The lowest BCUT2D eigenvalue weighted by Gasteiger charge is -2.35. The van der Waals surface area contributed by atoms with Gasteiger partial charge in [-0.1, -0.05) is 17.3 Å². The zero-order valence-corrected chi connectivity index (χ0v) is 14.8. The second kappa shape index (κ2) is 6.58. The summed E-state index contributed by atoms with van der Waals surface area (Å²) in [5, 5.41) is 11.1. The van der Waals surface area contributed by atoms with Gasteiger partial charge in [0.2, 0.25) is 0 Å². The predicted octanol–water partition coefficient (Wildman–Crippen LogP) is 1.42. The largest absolute Gasteiger partial charge is 0.351 e. The summed E-state index contributed by atoms with van der Waals surface area (Å²) < 4.78 is 1.63. The number of carbonyl (C=O) groups excluding carboxylic acids is 1. The van der Waals surface area contributed by atoms with E-state index in [9.17, 15) is 4.79 Å². The molecule has 1 aromatic carbocycles. The third-order valence-electron chi connectivity index (χ3n) is 4.50. The number of benzene rings is 1. The van der Waals surface area contributed by atoms with Gasteiger partial charge in [0.1, 0.15) is 6.33 Å². The smallest absolute Gasteiger partial charge is 0.321 e. The third-order valence-corrected chi connectivity index (χ3v) is 4.50. The minimum Gasteiger partial charge on any atom is -0.351 e. The summed E-state index contributed by atoms with van der Waals surface area (Å²) in [7, 11) is 1.81. The monoisotopic (exact) mass is 352 g/mol. The van der Waals surface area contributed by atoms with Crippen molar-refractivity contribution in [3.8, 4) is 0 Å². The summed E-state index contributed by atoms with van der Waals surface area (Å²) in [5.74, 6) is 0.766. The summed E-state index contributed by atoms with van der Waals surface area (Å²) in [6.45, 7) is 4.60. The molecule has 4 rings (SSSR count). The van der Waals surface area contributed by atoms with E-state index in [4.69, 9.17) is 0 Å². The van der Waals surface area contributed by atoms with Crippen LogP contribution < -0.4 is 10.2 Å². The van der Waals surface area contributed by atoms with Crippen LogP contribution in [0.15, 0.2) is 30.6 Å². The van der Waals surface area contributed by atoms with Crippen molar-refractivity contribution < 1.29 is 4.79 Å². The third kappa shape index (κ3) is 3.03. The summed E-state index contributed by atoms with van der Waals surface area (Å²) in [5.41, 5.74) is 3.32. The molecule has 1 aliphatic heterocycles. The molecule has 3 aromatic rings. The first-order valence-electron chi connectivity index (χ1n) is 8.50. The van der Waals surface area contributed by atoms with Crippen LogP contribution in [0.4, 0.5) is 16.3 Å². The normalized spacial score (nSPS) is 14.7. The van der Waals surface area contributed by atoms with E-state index >= 15 is 0 Å². The van der Waals surface area contributed by atoms with Gasteiger partial charge in [0.15, 0.2) is 17.0 Å². The van der Waals surface area contributed by atoms with E-state index in [1.807, 2.05) is 36.1 Å². The Morgan fingerprint density at radius 3 is 2.73 bits per heavy atom. The van der Waals surface area contributed by atoms with Crippen molar-refractivity contribution in [1.82, 2.24) is 29.9 Å². The van der Waals surface area contributed by atoms with Gasteiger partial charge < -0.3 is 15.1 Å². The molecule has 0 bridgehead atoms. The Balaban J connectivity index is 1.43. The Kier molecular flexibility index (Phi) is 4.11. The van der Waals surface area contributed by atoms with E-state index in [0.717, 1.165) is 17.1 Å². The number of aryl methyl sites for hydroxylation is 2. The van der Waals surface area contributed by atoms with Crippen LogP contribution in [0.1, 0.15) is 5.56 Å². The van der Waals surface area contributed by atoms with Crippen LogP contribution in [-0.4, -0.2) is 62.1 Å². The van der Waals surface area contributed by atoms with E-state index in [1.165, 1.54) is 6.33 Å². The number of amides is 2. The molecule has 0 spiro atoms. The predicted molar refractivity (Wildman–Crippen MR) is 98.1 cm³/mol. The first-order valence-corrected chi connectivity index (χ1v) is 8.50. The maximum Gasteiger partial charge on any atom is 0.321 e. The van der Waals surface area contributed by atoms with E-state index in [1.54, 1.807) is 11.7 Å². The fourth-order valence-corrected chi connectivity index (χ4v) is 3.12. The van der Waals surface area contributed by atoms with Gasteiger partial charge in [0.25, 0.3) is 0 Å². The Labute approximate surface area is 150 Å². The lowest BCUT2D eigenvalue weighted by atomic mass is 10.2. The van der Waals surface area contributed by atoms with Gasteiger partial charge in [-0.05, 0) is 24.6 Å². The molecule has 1 fully saturated rings. The van der Waals surface area contributed by atoms with Crippen LogP contribution in [0.3, 0.4) is 0 Å². The number of carbonyl (C=O) groups is 1. The topological polar surface area (TPSA) is 92.1 Å². The molecule has 2 amide bonds. The molecule has 0 aliphatic carbocycles. The van der Waals surface area contributed by atoms with Crippen molar-refractivity contribution in [3.63, 3.8) is 0 Å². The van der Waals surface area contributed by atoms with Crippen LogP contribution in [0, 0.1) is 6.92 Å². The number of urea groups is 1. The van der Waals surface area contributed by atoms with E-state index in [0.29, 0.717) is 37.3 Å². The van der Waals surface area contributed by atoms with Crippen molar-refractivity contribution in [1.29, 1.82) is 0 Å². The number of aromatic nitrogens is 5. The van der Waals surface area contributed by atoms with Gasteiger partial charge in [-0.25, -0.2) is 19.4 Å². The molecule has 3 heterocycles. The first-order chi connectivity index (χ1) is 12.6. The molecule has 134 valence electrons. The molecule has 0 radical (unpaired) electrons. The highest BCUT2D eigenvalue weighted by Crippen LogP contribution is 2.21. The highest BCUT2D eigenvalue weighted by Gasteiger charge is 2.24. The lowest BCUT2D eigenvalue weighted by Crippen LogP contribution is -2.50. The van der Waals surface area contributed by atoms with E-state index in [2.05, 4.69) is 30.5 Å². The van der Waals surface area contributed by atoms with Gasteiger partial charge in [-0.2, -0.15) is 0 Å². The fourth-order valence-electron chi connectivity index (χ4n) is 3.12. The number of rotatable bonds is 2. The number of hydrogen-bond acceptors (Lipinski definition) is 6. The molecule has 1 aliphatic rings. The molecular formula is C17H20N8O. The Morgan fingerprint density at radius 2 is 1.96 bits per heavy atom. The standard InChI is InChI=1S/C17H20N8O/c1-12-4-3-5-13(10-12)20-17(26)25-8-6-24(7-9-25)16-14-15(18-11-19-16)23(2)22-21-14/h3-5,10-11H,6-9H2,1-2H3,(H,20,26). The molecule has 2 aromatic heterocycles. The van der Waals surface area contributed by atoms with Gasteiger partial charge in [0, 0.05) is 38.9 Å². The van der Waals surface area contributed by atoms with Crippen molar-refractivity contribution >= 4 is 28.7 Å². The van der Waals surface area contributed by atoms with Crippen LogP contribution >= 0.6 is 0 Å². The number of anilines is 2. The molecule has 0 saturated carbocycles. The molecule has 0 unspecified atom stereocenters. The quantitative estimate of drug-likeness (QED) is 0.750. The van der Waals surface area contributed by atoms with Crippen molar-refractivity contribution in [3.05, 3.63) is 36.2 Å². The Morgan fingerprint density at radius 1 is 1.15 bits per heavy atom. The number of fused-ring (bicyclic) bond motifs is 1. The Hall–Kier alpha value is -3.23. The Bertz CT molecular complexity index is 945. The summed E-state index contributed by atoms with van der Waals surface area (Å²) in [6.07, 6.45) is 1.53. The average Bonchev–Trinajstić information content (AvgIpc) is 3.03. The number of nitrogens with one attached hydrogen (secondary N) is 1. The van der Waals surface area contributed by atoms with Crippen LogP contribution in [0.5, 0.6) is 0 Å². The van der Waals surface area contributed by atoms with Gasteiger partial charge in [-0.15, -0.1) is 5.10 Å². The lowest BCUT2D eigenvalue weighted by molar-refractivity contribution is 0.208. The number of nitrogens with zero attached hydrogens (tertiary/aromatic N) is 7. The maximum absolute atomic E-state index is 12.5. The van der Waals surface area contributed by atoms with Gasteiger partial charge in [0.05, 0.1) is 0 Å². The minimum absolute atomic E-state index is 0.0809. The zero-order chi connectivity index (χ0) is 18.1. The minimum atomic E-state index is -0.0809. The summed E-state index contributed by atoms with van der Waals surface area (Å²) in [6, 6.07) is 7.71. The van der Waals surface area contributed by atoms with E-state index < -0.39 is 0 Å². The summed E-state index contributed by atoms with van der Waals surface area (Å²) in [4.78, 5) is 25.0. The van der Waals surface area contributed by atoms with Gasteiger partial charge >= 0.3 is 6.03 Å². The fraction of sp³-hybridized carbons (Fsp3) is 0.353.